The van der Waals surface area contributed by atoms with Crippen molar-refractivity contribution in [1.29, 1.82) is 0 Å². The van der Waals surface area contributed by atoms with E-state index in [9.17, 15) is 0 Å². The van der Waals surface area contributed by atoms with Crippen LogP contribution in [0.5, 0.6) is 0 Å². The zero-order valence-corrected chi connectivity index (χ0v) is 12.4. The molecule has 0 saturated carbocycles. The maximum Gasteiger partial charge on any atom is 0.0950 e. The van der Waals surface area contributed by atoms with Crippen LogP contribution >= 0.6 is 11.8 Å². The van der Waals surface area contributed by atoms with Gasteiger partial charge in [0.2, 0.25) is 0 Å². The fraction of sp³-hybridized carbons (Fsp3) is 0.733. The van der Waals surface area contributed by atoms with Gasteiger partial charge in [-0.2, -0.15) is 11.8 Å². The van der Waals surface area contributed by atoms with Crippen LogP contribution in [0.1, 0.15) is 37.3 Å². The number of nitrogens with one attached hydrogen (secondary N) is 1. The first-order valence-electron chi connectivity index (χ1n) is 7.24. The highest BCUT2D eigenvalue weighted by Crippen LogP contribution is 2.43. The van der Waals surface area contributed by atoms with Gasteiger partial charge in [0.05, 0.1) is 18.1 Å². The van der Waals surface area contributed by atoms with Gasteiger partial charge in [0, 0.05) is 18.2 Å². The second kappa shape index (κ2) is 5.90. The number of thioether (sulfide) groups is 1. The van der Waals surface area contributed by atoms with Gasteiger partial charge in [0.25, 0.3) is 0 Å². The second-order valence-electron chi connectivity index (χ2n) is 5.72. The highest BCUT2D eigenvalue weighted by Gasteiger charge is 2.41. The second-order valence-corrected chi connectivity index (χ2v) is 6.94. The van der Waals surface area contributed by atoms with Crippen LogP contribution in [-0.2, 0) is 4.74 Å². The summed E-state index contributed by atoms with van der Waals surface area (Å²) in [5, 5.41) is 3.48. The lowest BCUT2D eigenvalue weighted by molar-refractivity contribution is -0.107. The summed E-state index contributed by atoms with van der Waals surface area (Å²) in [7, 11) is 2.05. The number of ether oxygens (including phenoxy) is 1. The molecule has 0 amide bonds. The molecule has 2 aliphatic heterocycles. The van der Waals surface area contributed by atoms with E-state index in [2.05, 4.69) is 30.2 Å². The Kier molecular flexibility index (Phi) is 4.20. The van der Waals surface area contributed by atoms with Crippen molar-refractivity contribution >= 4 is 11.8 Å². The third kappa shape index (κ3) is 2.86. The Labute approximate surface area is 119 Å². The molecule has 0 bridgehead atoms. The Morgan fingerprint density at radius 1 is 1.42 bits per heavy atom. The van der Waals surface area contributed by atoms with Crippen LogP contribution in [0.15, 0.2) is 23.0 Å². The fourth-order valence-electron chi connectivity index (χ4n) is 3.57. The predicted molar refractivity (Wildman–Crippen MR) is 78.5 cm³/mol. The van der Waals surface area contributed by atoms with Crippen LogP contribution in [0.25, 0.3) is 0 Å². The molecular formula is C15H23NO2S. The lowest BCUT2D eigenvalue weighted by atomic mass is 9.77. The van der Waals surface area contributed by atoms with E-state index >= 15 is 0 Å². The van der Waals surface area contributed by atoms with Crippen LogP contribution in [0.3, 0.4) is 0 Å². The largest absolute Gasteiger partial charge is 0.472 e. The van der Waals surface area contributed by atoms with Gasteiger partial charge in [-0.15, -0.1) is 0 Å². The summed E-state index contributed by atoms with van der Waals surface area (Å²) in [5.74, 6) is 3.16. The van der Waals surface area contributed by atoms with E-state index < -0.39 is 0 Å². The molecule has 1 aromatic rings. The summed E-state index contributed by atoms with van der Waals surface area (Å²) in [6.07, 6.45) is 8.41. The van der Waals surface area contributed by atoms with Crippen molar-refractivity contribution in [3.05, 3.63) is 24.2 Å². The van der Waals surface area contributed by atoms with E-state index in [-0.39, 0.29) is 5.60 Å². The van der Waals surface area contributed by atoms with Gasteiger partial charge in [0.1, 0.15) is 0 Å². The van der Waals surface area contributed by atoms with Gasteiger partial charge in [-0.05, 0) is 56.2 Å². The zero-order valence-electron chi connectivity index (χ0n) is 11.6. The molecule has 106 valence electrons. The van der Waals surface area contributed by atoms with Crippen molar-refractivity contribution in [3.8, 4) is 0 Å². The Hall–Kier alpha value is -0.450. The molecular weight excluding hydrogens is 258 g/mol. The third-order valence-corrected chi connectivity index (χ3v) is 5.61. The molecule has 3 heterocycles. The molecule has 0 aromatic carbocycles. The average molecular weight is 281 g/mol. The minimum absolute atomic E-state index is 0.160. The van der Waals surface area contributed by atoms with E-state index in [1.807, 2.05) is 6.26 Å². The lowest BCUT2D eigenvalue weighted by Gasteiger charge is -2.45. The molecule has 3 nitrogen and oxygen atoms in total. The van der Waals surface area contributed by atoms with Gasteiger partial charge in [-0.1, -0.05) is 0 Å². The van der Waals surface area contributed by atoms with Crippen molar-refractivity contribution in [2.45, 2.75) is 37.3 Å². The van der Waals surface area contributed by atoms with Gasteiger partial charge in [-0.3, -0.25) is 0 Å². The van der Waals surface area contributed by atoms with Crippen LogP contribution in [0.2, 0.25) is 0 Å². The highest BCUT2D eigenvalue weighted by atomic mass is 32.2. The van der Waals surface area contributed by atoms with Crippen molar-refractivity contribution in [2.24, 2.45) is 5.92 Å². The molecule has 2 aliphatic rings. The number of rotatable bonds is 3. The summed E-state index contributed by atoms with van der Waals surface area (Å²) in [6.45, 7) is 0.908. The Morgan fingerprint density at radius 2 is 2.26 bits per heavy atom. The summed E-state index contributed by atoms with van der Waals surface area (Å²) >= 11 is 2.07. The lowest BCUT2D eigenvalue weighted by Crippen LogP contribution is -2.45. The molecule has 1 spiro atoms. The standard InChI is InChI=1S/C15H23NO2S/c1-16-14(13-2-6-17-11-13)12-3-7-18-15(10-12)4-8-19-9-5-15/h2,6,11-12,14,16H,3-5,7-10H2,1H3. The number of hydrogen-bond donors (Lipinski definition) is 1. The van der Waals surface area contributed by atoms with Crippen molar-refractivity contribution in [2.75, 3.05) is 25.2 Å². The summed E-state index contributed by atoms with van der Waals surface area (Å²) in [4.78, 5) is 0. The summed E-state index contributed by atoms with van der Waals surface area (Å²) < 4.78 is 11.4. The maximum atomic E-state index is 6.18. The first kappa shape index (κ1) is 13.5. The van der Waals surface area contributed by atoms with Crippen LogP contribution in [-0.4, -0.2) is 30.8 Å². The molecule has 2 atom stereocenters. The Balaban J connectivity index is 1.73. The molecule has 0 radical (unpaired) electrons. The average Bonchev–Trinajstić information content (AvgIpc) is 2.95. The maximum absolute atomic E-state index is 6.18. The van der Waals surface area contributed by atoms with Gasteiger partial charge in [-0.25, -0.2) is 0 Å². The van der Waals surface area contributed by atoms with Crippen molar-refractivity contribution < 1.29 is 9.15 Å². The first-order chi connectivity index (χ1) is 9.33. The number of hydrogen-bond acceptors (Lipinski definition) is 4. The van der Waals surface area contributed by atoms with E-state index in [4.69, 9.17) is 9.15 Å². The minimum atomic E-state index is 0.160. The number of furan rings is 1. The Bertz CT molecular complexity index is 381. The SMILES string of the molecule is CNC(c1ccoc1)C1CCOC2(CCSCC2)C1. The van der Waals surface area contributed by atoms with Gasteiger partial charge in [0.15, 0.2) is 0 Å². The fourth-order valence-corrected chi connectivity index (χ4v) is 4.81. The van der Waals surface area contributed by atoms with Gasteiger partial charge < -0.3 is 14.5 Å². The van der Waals surface area contributed by atoms with E-state index in [1.54, 1.807) is 6.26 Å². The minimum Gasteiger partial charge on any atom is -0.472 e. The molecule has 19 heavy (non-hydrogen) atoms. The molecule has 3 rings (SSSR count). The highest BCUT2D eigenvalue weighted by molar-refractivity contribution is 7.99. The van der Waals surface area contributed by atoms with Crippen LogP contribution in [0.4, 0.5) is 0 Å². The molecule has 2 fully saturated rings. The van der Waals surface area contributed by atoms with Crippen LogP contribution in [0, 0.1) is 5.92 Å². The van der Waals surface area contributed by atoms with E-state index in [1.165, 1.54) is 36.3 Å². The molecule has 1 N–H and O–H groups in total. The first-order valence-corrected chi connectivity index (χ1v) is 8.39. The van der Waals surface area contributed by atoms with Crippen LogP contribution < -0.4 is 5.32 Å². The van der Waals surface area contributed by atoms with Gasteiger partial charge >= 0.3 is 0 Å². The zero-order chi connectivity index (χ0) is 13.1. The summed E-state index contributed by atoms with van der Waals surface area (Å²) in [5.41, 5.74) is 1.43. The molecule has 2 unspecified atom stereocenters. The molecule has 1 aromatic heterocycles. The molecule has 2 saturated heterocycles. The van der Waals surface area contributed by atoms with Crippen molar-refractivity contribution in [3.63, 3.8) is 0 Å². The quantitative estimate of drug-likeness (QED) is 0.922. The third-order valence-electron chi connectivity index (χ3n) is 4.62. The Morgan fingerprint density at radius 3 is 2.95 bits per heavy atom. The molecule has 0 aliphatic carbocycles. The van der Waals surface area contributed by atoms with E-state index in [0.29, 0.717) is 12.0 Å². The topological polar surface area (TPSA) is 34.4 Å². The summed E-state index contributed by atoms with van der Waals surface area (Å²) in [6, 6.07) is 2.48. The normalized spacial score (nSPS) is 28.4. The van der Waals surface area contributed by atoms with E-state index in [0.717, 1.165) is 13.0 Å². The smallest absolute Gasteiger partial charge is 0.0950 e. The molecule has 4 heteroatoms. The van der Waals surface area contributed by atoms with Crippen molar-refractivity contribution in [1.82, 2.24) is 5.32 Å². The monoisotopic (exact) mass is 281 g/mol. The predicted octanol–water partition coefficient (Wildman–Crippen LogP) is 3.23.